The minimum Gasteiger partial charge on any atom is -0.377 e. The second kappa shape index (κ2) is 5.60. The molecular weight excluding hydrogens is 282 g/mol. The van der Waals surface area contributed by atoms with Crippen molar-refractivity contribution in [3.8, 4) is 0 Å². The summed E-state index contributed by atoms with van der Waals surface area (Å²) >= 11 is 0. The lowest BCUT2D eigenvalue weighted by atomic mass is 9.96. The van der Waals surface area contributed by atoms with Gasteiger partial charge in [-0.3, -0.25) is 5.43 Å². The number of rotatable bonds is 4. The first-order chi connectivity index (χ1) is 9.41. The summed E-state index contributed by atoms with van der Waals surface area (Å²) in [6, 6.07) is 0. The van der Waals surface area contributed by atoms with E-state index < -0.39 is 15.6 Å². The van der Waals surface area contributed by atoms with Crippen LogP contribution in [0.1, 0.15) is 19.8 Å². The van der Waals surface area contributed by atoms with Gasteiger partial charge in [0.05, 0.1) is 18.0 Å². The van der Waals surface area contributed by atoms with Crippen LogP contribution < -0.4 is 11.3 Å². The Bertz CT molecular complexity index is 562. The molecule has 1 aliphatic rings. The van der Waals surface area contributed by atoms with Gasteiger partial charge in [0.15, 0.2) is 0 Å². The smallest absolute Gasteiger partial charge is 0.246 e. The Morgan fingerprint density at radius 3 is 2.65 bits per heavy atom. The van der Waals surface area contributed by atoms with Crippen LogP contribution in [0.15, 0.2) is 17.3 Å². The molecule has 1 aromatic rings. The molecule has 2 heterocycles. The summed E-state index contributed by atoms with van der Waals surface area (Å²) in [6.45, 7) is 2.70. The highest BCUT2D eigenvalue weighted by atomic mass is 32.2. The number of nitrogens with one attached hydrogen (secondary N) is 1. The minimum atomic E-state index is -3.61. The van der Waals surface area contributed by atoms with Gasteiger partial charge in [-0.15, -0.1) is 0 Å². The van der Waals surface area contributed by atoms with Crippen molar-refractivity contribution in [3.63, 3.8) is 0 Å². The molecule has 0 aromatic carbocycles. The van der Waals surface area contributed by atoms with Crippen LogP contribution in [-0.2, 0) is 14.8 Å². The molecule has 3 N–H and O–H groups in total. The molecule has 1 atom stereocenters. The zero-order valence-corrected chi connectivity index (χ0v) is 12.4. The highest BCUT2D eigenvalue weighted by Gasteiger charge is 2.37. The van der Waals surface area contributed by atoms with Gasteiger partial charge in [0.2, 0.25) is 16.0 Å². The van der Waals surface area contributed by atoms with Crippen LogP contribution in [0.3, 0.4) is 0 Å². The molecule has 8 nitrogen and oxygen atoms in total. The van der Waals surface area contributed by atoms with E-state index in [0.717, 1.165) is 12.8 Å². The summed E-state index contributed by atoms with van der Waals surface area (Å²) in [6.07, 6.45) is 4.08. The number of hydrazine groups is 1. The van der Waals surface area contributed by atoms with Crippen molar-refractivity contribution >= 4 is 16.0 Å². The largest absolute Gasteiger partial charge is 0.377 e. The lowest BCUT2D eigenvalue weighted by molar-refractivity contribution is -0.0319. The van der Waals surface area contributed by atoms with Crippen LogP contribution in [0.4, 0.5) is 5.95 Å². The van der Waals surface area contributed by atoms with Crippen LogP contribution in [-0.4, -0.2) is 48.5 Å². The highest BCUT2D eigenvalue weighted by molar-refractivity contribution is 7.89. The van der Waals surface area contributed by atoms with E-state index in [1.165, 1.54) is 16.7 Å². The Kier molecular flexibility index (Phi) is 4.23. The predicted octanol–water partition coefficient (Wildman–Crippen LogP) is -0.0482. The topological polar surface area (TPSA) is 110 Å². The number of ether oxygens (including phenoxy) is 1. The van der Waals surface area contributed by atoms with E-state index in [2.05, 4.69) is 15.4 Å². The van der Waals surface area contributed by atoms with Crippen LogP contribution in [0.5, 0.6) is 0 Å². The molecule has 0 amide bonds. The zero-order chi connectivity index (χ0) is 14.8. The van der Waals surface area contributed by atoms with Crippen LogP contribution in [0.25, 0.3) is 0 Å². The number of aromatic nitrogens is 2. The fraction of sp³-hybridized carbons (Fsp3) is 0.636. The van der Waals surface area contributed by atoms with Crippen LogP contribution in [0, 0.1) is 0 Å². The fourth-order valence-corrected chi connectivity index (χ4v) is 3.69. The number of piperidine rings is 1. The summed E-state index contributed by atoms with van der Waals surface area (Å²) in [5.74, 6) is 5.32. The number of anilines is 1. The third kappa shape index (κ3) is 2.90. The van der Waals surface area contributed by atoms with Gasteiger partial charge < -0.3 is 4.74 Å². The Labute approximate surface area is 118 Å². The molecule has 1 unspecified atom stereocenters. The van der Waals surface area contributed by atoms with Crippen molar-refractivity contribution in [2.45, 2.75) is 30.3 Å². The van der Waals surface area contributed by atoms with Crippen LogP contribution >= 0.6 is 0 Å². The number of sulfonamides is 1. The molecule has 0 bridgehead atoms. The van der Waals surface area contributed by atoms with E-state index in [1.807, 2.05) is 6.92 Å². The molecular formula is C11H19N5O3S. The molecule has 0 radical (unpaired) electrons. The summed E-state index contributed by atoms with van der Waals surface area (Å²) in [4.78, 5) is 7.71. The van der Waals surface area contributed by atoms with Crippen LogP contribution in [0.2, 0.25) is 0 Å². The van der Waals surface area contributed by atoms with Crippen molar-refractivity contribution in [2.24, 2.45) is 5.84 Å². The van der Waals surface area contributed by atoms with E-state index in [4.69, 9.17) is 10.6 Å². The first-order valence-corrected chi connectivity index (χ1v) is 7.69. The lowest BCUT2D eigenvalue weighted by Crippen LogP contribution is -2.49. The molecule has 0 spiro atoms. The Morgan fingerprint density at radius 1 is 1.45 bits per heavy atom. The van der Waals surface area contributed by atoms with Crippen molar-refractivity contribution in [1.82, 2.24) is 14.3 Å². The van der Waals surface area contributed by atoms with Crippen molar-refractivity contribution in [1.29, 1.82) is 0 Å². The number of methoxy groups -OCH3 is 1. The third-order valence-corrected chi connectivity index (χ3v) is 5.31. The van der Waals surface area contributed by atoms with E-state index in [9.17, 15) is 8.42 Å². The molecule has 0 saturated carbocycles. The van der Waals surface area contributed by atoms with Gasteiger partial charge in [0.25, 0.3) is 0 Å². The summed E-state index contributed by atoms with van der Waals surface area (Å²) < 4.78 is 31.9. The quantitative estimate of drug-likeness (QED) is 0.592. The normalized spacial score (nSPS) is 24.6. The molecule has 1 saturated heterocycles. The SMILES string of the molecule is COC1(C)CCCN(S(=O)(=O)c2cnc(NN)nc2)C1. The number of hydrogen-bond donors (Lipinski definition) is 2. The molecule has 1 fully saturated rings. The summed E-state index contributed by atoms with van der Waals surface area (Å²) in [7, 11) is -2.01. The molecule has 9 heteroatoms. The Hall–Kier alpha value is -1.29. The lowest BCUT2D eigenvalue weighted by Gasteiger charge is -2.38. The highest BCUT2D eigenvalue weighted by Crippen LogP contribution is 2.27. The number of hydrogen-bond acceptors (Lipinski definition) is 7. The summed E-state index contributed by atoms with van der Waals surface area (Å²) in [5.41, 5.74) is 1.80. The van der Waals surface area contributed by atoms with E-state index in [-0.39, 0.29) is 10.8 Å². The van der Waals surface area contributed by atoms with Gasteiger partial charge in [-0.1, -0.05) is 0 Å². The molecule has 20 heavy (non-hydrogen) atoms. The Balaban J connectivity index is 2.25. The number of nitrogen functional groups attached to an aromatic ring is 1. The maximum Gasteiger partial charge on any atom is 0.246 e. The predicted molar refractivity (Wildman–Crippen MR) is 73.2 cm³/mol. The second-order valence-electron chi connectivity index (χ2n) is 4.98. The summed E-state index contributed by atoms with van der Waals surface area (Å²) in [5, 5.41) is 0. The zero-order valence-electron chi connectivity index (χ0n) is 11.5. The molecule has 2 rings (SSSR count). The maximum atomic E-state index is 12.5. The number of nitrogens with zero attached hydrogens (tertiary/aromatic N) is 3. The van der Waals surface area contributed by atoms with E-state index >= 15 is 0 Å². The second-order valence-corrected chi connectivity index (χ2v) is 6.92. The standard InChI is InChI=1S/C11H19N5O3S/c1-11(19-2)4-3-5-16(8-11)20(17,18)9-6-13-10(15-12)14-7-9/h6-7H,3-5,8,12H2,1-2H3,(H,13,14,15). The van der Waals surface area contributed by atoms with Gasteiger partial charge in [-0.25, -0.2) is 24.2 Å². The van der Waals surface area contributed by atoms with Crippen molar-refractivity contribution < 1.29 is 13.2 Å². The average molecular weight is 301 g/mol. The fourth-order valence-electron chi connectivity index (χ4n) is 2.21. The average Bonchev–Trinajstić information content (AvgIpc) is 2.47. The molecule has 1 aliphatic heterocycles. The van der Waals surface area contributed by atoms with E-state index in [0.29, 0.717) is 13.1 Å². The maximum absolute atomic E-state index is 12.5. The van der Waals surface area contributed by atoms with Crippen molar-refractivity contribution in [3.05, 3.63) is 12.4 Å². The van der Waals surface area contributed by atoms with Gasteiger partial charge in [0, 0.05) is 20.2 Å². The van der Waals surface area contributed by atoms with Gasteiger partial charge in [-0.2, -0.15) is 4.31 Å². The number of nitrogens with two attached hydrogens (primary N) is 1. The minimum absolute atomic E-state index is 0.0526. The first kappa shape index (κ1) is 15.1. The molecule has 112 valence electrons. The molecule has 0 aliphatic carbocycles. The first-order valence-electron chi connectivity index (χ1n) is 6.25. The van der Waals surface area contributed by atoms with Crippen molar-refractivity contribution in [2.75, 3.05) is 25.6 Å². The van der Waals surface area contributed by atoms with Gasteiger partial charge in [-0.05, 0) is 19.8 Å². The van der Waals surface area contributed by atoms with Gasteiger partial charge >= 0.3 is 0 Å². The molecule has 1 aromatic heterocycles. The van der Waals surface area contributed by atoms with Gasteiger partial charge in [0.1, 0.15) is 4.90 Å². The monoisotopic (exact) mass is 301 g/mol. The third-order valence-electron chi connectivity index (χ3n) is 3.51. The van der Waals surface area contributed by atoms with E-state index in [1.54, 1.807) is 7.11 Å². The Morgan fingerprint density at radius 2 is 2.10 bits per heavy atom.